The lowest BCUT2D eigenvalue weighted by molar-refractivity contribution is -0.119. The molecule has 7 nitrogen and oxygen atoms in total. The molecule has 3 amide bonds. The quantitative estimate of drug-likeness (QED) is 0.597. The molecule has 17 heavy (non-hydrogen) atoms. The minimum atomic E-state index is -0.711. The van der Waals surface area contributed by atoms with Gasteiger partial charge in [0, 0.05) is 6.20 Å². The maximum atomic E-state index is 11.9. The van der Waals surface area contributed by atoms with Gasteiger partial charge >= 0.3 is 6.03 Å². The Morgan fingerprint density at radius 1 is 1.59 bits per heavy atom. The standard InChI is InChI=1S/C10H17N5O2/c1-3-6(2)8(15-10(11)17)9(16)14-7-4-12-13-5-7/h4-6,8H,3H2,1-2H3,(H,12,13)(H,14,16)(H3,11,15,17). The van der Waals surface area contributed by atoms with E-state index in [0.717, 1.165) is 6.42 Å². The van der Waals surface area contributed by atoms with Gasteiger partial charge in [-0.05, 0) is 5.92 Å². The monoisotopic (exact) mass is 239 g/mol. The van der Waals surface area contributed by atoms with Crippen LogP contribution in [0.1, 0.15) is 20.3 Å². The van der Waals surface area contributed by atoms with E-state index < -0.39 is 12.1 Å². The van der Waals surface area contributed by atoms with Crippen molar-refractivity contribution >= 4 is 17.6 Å². The van der Waals surface area contributed by atoms with Crippen LogP contribution in [-0.4, -0.2) is 28.2 Å². The first-order chi connectivity index (χ1) is 8.04. The molecule has 0 aromatic carbocycles. The first-order valence-corrected chi connectivity index (χ1v) is 5.40. The normalized spacial score (nSPS) is 13.8. The van der Waals surface area contributed by atoms with Crippen molar-refractivity contribution in [3.8, 4) is 0 Å². The summed E-state index contributed by atoms with van der Waals surface area (Å²) in [4.78, 5) is 22.8. The fraction of sp³-hybridized carbons (Fsp3) is 0.500. The van der Waals surface area contributed by atoms with E-state index in [1.807, 2.05) is 13.8 Å². The van der Waals surface area contributed by atoms with E-state index in [1.165, 1.54) is 6.20 Å². The number of nitrogens with one attached hydrogen (secondary N) is 3. The van der Waals surface area contributed by atoms with Crippen LogP contribution in [0.2, 0.25) is 0 Å². The molecule has 0 aliphatic carbocycles. The van der Waals surface area contributed by atoms with Crippen molar-refractivity contribution in [2.75, 3.05) is 5.32 Å². The molecular formula is C10H17N5O2. The van der Waals surface area contributed by atoms with Gasteiger partial charge in [0.15, 0.2) is 0 Å². The summed E-state index contributed by atoms with van der Waals surface area (Å²) in [6.07, 6.45) is 3.79. The predicted molar refractivity (Wildman–Crippen MR) is 63.2 cm³/mol. The van der Waals surface area contributed by atoms with Gasteiger partial charge in [-0.3, -0.25) is 9.89 Å². The molecule has 0 spiro atoms. The molecule has 0 saturated heterocycles. The summed E-state index contributed by atoms with van der Waals surface area (Å²) in [5.74, 6) is -0.311. The molecule has 0 radical (unpaired) electrons. The van der Waals surface area contributed by atoms with Gasteiger partial charge in [0.1, 0.15) is 6.04 Å². The highest BCUT2D eigenvalue weighted by Gasteiger charge is 2.25. The molecule has 7 heteroatoms. The van der Waals surface area contributed by atoms with Crippen LogP contribution < -0.4 is 16.4 Å². The minimum absolute atomic E-state index is 0.00518. The van der Waals surface area contributed by atoms with E-state index in [1.54, 1.807) is 6.20 Å². The van der Waals surface area contributed by atoms with Gasteiger partial charge in [-0.2, -0.15) is 5.10 Å². The molecule has 2 atom stereocenters. The van der Waals surface area contributed by atoms with E-state index in [2.05, 4.69) is 20.8 Å². The summed E-state index contributed by atoms with van der Waals surface area (Å²) in [6.45, 7) is 3.81. The predicted octanol–water partition coefficient (Wildman–Crippen LogP) is 0.431. The summed E-state index contributed by atoms with van der Waals surface area (Å²) >= 11 is 0. The number of nitrogens with two attached hydrogens (primary N) is 1. The van der Waals surface area contributed by atoms with Crippen LogP contribution >= 0.6 is 0 Å². The van der Waals surface area contributed by atoms with Gasteiger partial charge in [0.2, 0.25) is 5.91 Å². The average Bonchev–Trinajstić information content (AvgIpc) is 2.77. The highest BCUT2D eigenvalue weighted by molar-refractivity contribution is 5.96. The highest BCUT2D eigenvalue weighted by atomic mass is 16.2. The number of primary amides is 1. The first-order valence-electron chi connectivity index (χ1n) is 5.40. The molecule has 0 bridgehead atoms. The van der Waals surface area contributed by atoms with Crippen molar-refractivity contribution in [2.45, 2.75) is 26.3 Å². The smallest absolute Gasteiger partial charge is 0.312 e. The summed E-state index contributed by atoms with van der Waals surface area (Å²) < 4.78 is 0. The van der Waals surface area contributed by atoms with Crippen molar-refractivity contribution in [3.05, 3.63) is 12.4 Å². The number of aromatic amines is 1. The minimum Gasteiger partial charge on any atom is -0.352 e. The second-order valence-corrected chi connectivity index (χ2v) is 3.85. The number of amides is 3. The molecule has 0 saturated carbocycles. The molecule has 0 aliphatic rings. The van der Waals surface area contributed by atoms with E-state index in [-0.39, 0.29) is 11.8 Å². The van der Waals surface area contributed by atoms with Crippen LogP contribution in [-0.2, 0) is 4.79 Å². The zero-order valence-corrected chi connectivity index (χ0v) is 9.86. The third-order valence-corrected chi connectivity index (χ3v) is 2.56. The summed E-state index contributed by atoms with van der Waals surface area (Å²) in [5, 5.41) is 11.4. The SMILES string of the molecule is CCC(C)C(NC(N)=O)C(=O)Nc1cn[nH]c1. The van der Waals surface area contributed by atoms with Crippen LogP contribution in [0, 0.1) is 5.92 Å². The summed E-state index contributed by atoms with van der Waals surface area (Å²) in [7, 11) is 0. The zero-order valence-electron chi connectivity index (χ0n) is 9.86. The van der Waals surface area contributed by atoms with Gasteiger partial charge in [0.25, 0.3) is 0 Å². The number of hydrogen-bond donors (Lipinski definition) is 4. The molecule has 2 unspecified atom stereocenters. The number of urea groups is 1. The Hall–Kier alpha value is -2.05. The molecule has 1 aromatic rings. The van der Waals surface area contributed by atoms with Crippen molar-refractivity contribution in [2.24, 2.45) is 11.7 Å². The number of rotatable bonds is 5. The van der Waals surface area contributed by atoms with Crippen LogP contribution in [0.25, 0.3) is 0 Å². The lowest BCUT2D eigenvalue weighted by atomic mass is 9.98. The van der Waals surface area contributed by atoms with Gasteiger partial charge < -0.3 is 16.4 Å². The van der Waals surface area contributed by atoms with Gasteiger partial charge in [-0.15, -0.1) is 0 Å². The Bertz CT molecular complexity index is 376. The third-order valence-electron chi connectivity index (χ3n) is 2.56. The molecule has 1 heterocycles. The van der Waals surface area contributed by atoms with Gasteiger partial charge in [-0.25, -0.2) is 4.79 Å². The Labute approximate surface area is 99.1 Å². The fourth-order valence-electron chi connectivity index (χ4n) is 1.39. The average molecular weight is 239 g/mol. The topological polar surface area (TPSA) is 113 Å². The van der Waals surface area contributed by atoms with Crippen LogP contribution in [0.3, 0.4) is 0 Å². The van der Waals surface area contributed by atoms with E-state index in [9.17, 15) is 9.59 Å². The van der Waals surface area contributed by atoms with Crippen LogP contribution in [0.5, 0.6) is 0 Å². The maximum absolute atomic E-state index is 11.9. The number of carbonyl (C=O) groups excluding carboxylic acids is 2. The maximum Gasteiger partial charge on any atom is 0.312 e. The lowest BCUT2D eigenvalue weighted by Crippen LogP contribution is -2.49. The lowest BCUT2D eigenvalue weighted by Gasteiger charge is -2.22. The van der Waals surface area contributed by atoms with Crippen LogP contribution in [0.4, 0.5) is 10.5 Å². The number of nitrogens with zero attached hydrogens (tertiary/aromatic N) is 1. The van der Waals surface area contributed by atoms with Crippen molar-refractivity contribution in [1.82, 2.24) is 15.5 Å². The zero-order chi connectivity index (χ0) is 12.8. The van der Waals surface area contributed by atoms with Crippen molar-refractivity contribution in [3.63, 3.8) is 0 Å². The molecular weight excluding hydrogens is 222 g/mol. The molecule has 94 valence electrons. The Kier molecular flexibility index (Phi) is 4.50. The Morgan fingerprint density at radius 2 is 2.29 bits per heavy atom. The third kappa shape index (κ3) is 3.78. The Morgan fingerprint density at radius 3 is 2.76 bits per heavy atom. The largest absolute Gasteiger partial charge is 0.352 e. The number of carbonyl (C=O) groups is 2. The van der Waals surface area contributed by atoms with Crippen molar-refractivity contribution < 1.29 is 9.59 Å². The van der Waals surface area contributed by atoms with Crippen molar-refractivity contribution in [1.29, 1.82) is 0 Å². The molecule has 0 aliphatic heterocycles. The number of aromatic nitrogens is 2. The van der Waals surface area contributed by atoms with E-state index >= 15 is 0 Å². The number of hydrogen-bond acceptors (Lipinski definition) is 3. The molecule has 0 fully saturated rings. The first kappa shape index (κ1) is 13.0. The van der Waals surface area contributed by atoms with Crippen LogP contribution in [0.15, 0.2) is 12.4 Å². The molecule has 1 rings (SSSR count). The summed E-state index contributed by atoms with van der Waals surface area (Å²) in [6, 6.07) is -1.36. The van der Waals surface area contributed by atoms with E-state index in [0.29, 0.717) is 5.69 Å². The Balaban J connectivity index is 2.68. The highest BCUT2D eigenvalue weighted by Crippen LogP contribution is 2.10. The number of anilines is 1. The second kappa shape index (κ2) is 5.88. The molecule has 5 N–H and O–H groups in total. The number of H-pyrrole nitrogens is 1. The van der Waals surface area contributed by atoms with Gasteiger partial charge in [-0.1, -0.05) is 20.3 Å². The second-order valence-electron chi connectivity index (χ2n) is 3.85. The van der Waals surface area contributed by atoms with E-state index in [4.69, 9.17) is 5.73 Å². The summed E-state index contributed by atoms with van der Waals surface area (Å²) in [5.41, 5.74) is 5.60. The fourth-order valence-corrected chi connectivity index (χ4v) is 1.39. The van der Waals surface area contributed by atoms with Gasteiger partial charge in [0.05, 0.1) is 11.9 Å². The molecule has 1 aromatic heterocycles.